The summed E-state index contributed by atoms with van der Waals surface area (Å²) in [6.07, 6.45) is 2.77. The lowest BCUT2D eigenvalue weighted by molar-refractivity contribution is 0.0686. The monoisotopic (exact) mass is 225 g/mol. The second kappa shape index (κ2) is 3.35. The highest BCUT2D eigenvalue weighted by molar-refractivity contribution is 7.71. The van der Waals surface area contributed by atoms with Crippen LogP contribution in [0.4, 0.5) is 0 Å². The number of aromatic nitrogens is 3. The maximum absolute atomic E-state index is 11.0. The maximum atomic E-state index is 11.0. The zero-order valence-corrected chi connectivity index (χ0v) is 8.54. The molecule has 0 amide bonds. The average molecular weight is 225 g/mol. The van der Waals surface area contributed by atoms with Crippen molar-refractivity contribution in [2.45, 2.75) is 6.92 Å². The molecule has 2 aromatic rings. The van der Waals surface area contributed by atoms with Crippen molar-refractivity contribution in [3.63, 3.8) is 0 Å². The van der Waals surface area contributed by atoms with E-state index in [0.717, 1.165) is 0 Å². The van der Waals surface area contributed by atoms with Crippen molar-refractivity contribution >= 4 is 18.2 Å². The van der Waals surface area contributed by atoms with E-state index in [1.54, 1.807) is 6.92 Å². The number of aromatic carboxylic acids is 1. The number of hydrogen-bond acceptors (Lipinski definition) is 4. The van der Waals surface area contributed by atoms with Crippen LogP contribution in [0.2, 0.25) is 0 Å². The molecule has 2 heterocycles. The lowest BCUT2D eigenvalue weighted by Gasteiger charge is -1.99. The van der Waals surface area contributed by atoms with Crippen LogP contribution in [0.15, 0.2) is 16.9 Å². The summed E-state index contributed by atoms with van der Waals surface area (Å²) < 4.78 is 6.49. The van der Waals surface area contributed by atoms with E-state index < -0.39 is 5.97 Å². The number of imidazole rings is 1. The smallest absolute Gasteiger partial charge is 0.354 e. The summed E-state index contributed by atoms with van der Waals surface area (Å²) in [5, 5.41) is 9.00. The number of aromatic amines is 1. The molecule has 6 nitrogen and oxygen atoms in total. The number of carboxylic acids is 1. The fraction of sp³-hybridized carbons (Fsp3) is 0.125. The van der Waals surface area contributed by atoms with Crippen LogP contribution < -0.4 is 0 Å². The number of nitrogens with zero attached hydrogens (tertiary/aromatic N) is 2. The van der Waals surface area contributed by atoms with Crippen LogP contribution in [0.5, 0.6) is 0 Å². The molecule has 7 heteroatoms. The van der Waals surface area contributed by atoms with E-state index in [0.29, 0.717) is 5.69 Å². The third kappa shape index (κ3) is 1.46. The molecule has 0 aromatic carbocycles. The molecule has 0 unspecified atom stereocenters. The first-order chi connectivity index (χ1) is 7.11. The van der Waals surface area contributed by atoms with Crippen LogP contribution in [-0.2, 0) is 0 Å². The van der Waals surface area contributed by atoms with Crippen molar-refractivity contribution in [3.8, 4) is 6.01 Å². The van der Waals surface area contributed by atoms with Crippen LogP contribution >= 0.6 is 12.2 Å². The Morgan fingerprint density at radius 1 is 1.73 bits per heavy atom. The molecule has 0 aliphatic heterocycles. The minimum atomic E-state index is -1.09. The fourth-order valence-electron chi connectivity index (χ4n) is 1.31. The normalized spacial score (nSPS) is 10.5. The Morgan fingerprint density at radius 3 is 3.00 bits per heavy atom. The molecule has 0 atom stereocenters. The topological polar surface area (TPSA) is 84.0 Å². The Hall–Kier alpha value is -1.89. The summed E-state index contributed by atoms with van der Waals surface area (Å²) in [5.74, 6) is -1.09. The first-order valence-corrected chi connectivity index (χ1v) is 4.47. The van der Waals surface area contributed by atoms with E-state index in [1.165, 1.54) is 17.0 Å². The number of H-pyrrole nitrogens is 1. The molecule has 2 rings (SSSR count). The molecular formula is C8H7N3O3S. The highest BCUT2D eigenvalue weighted by atomic mass is 32.1. The van der Waals surface area contributed by atoms with Crippen molar-refractivity contribution in [1.82, 2.24) is 14.5 Å². The van der Waals surface area contributed by atoms with E-state index in [4.69, 9.17) is 21.7 Å². The zero-order valence-electron chi connectivity index (χ0n) is 7.72. The van der Waals surface area contributed by atoms with Gasteiger partial charge in [-0.3, -0.25) is 0 Å². The lowest BCUT2D eigenvalue weighted by atomic mass is 10.3. The highest BCUT2D eigenvalue weighted by Gasteiger charge is 2.19. The Labute approximate surface area is 89.2 Å². The van der Waals surface area contributed by atoms with Gasteiger partial charge in [0.2, 0.25) is 0 Å². The second-order valence-corrected chi connectivity index (χ2v) is 3.25. The van der Waals surface area contributed by atoms with Gasteiger partial charge in [0.15, 0.2) is 10.5 Å². The summed E-state index contributed by atoms with van der Waals surface area (Å²) in [5.41, 5.74) is 0.494. The quantitative estimate of drug-likeness (QED) is 0.757. The van der Waals surface area contributed by atoms with Crippen LogP contribution in [0.3, 0.4) is 0 Å². The summed E-state index contributed by atoms with van der Waals surface area (Å²) in [6.45, 7) is 1.62. The van der Waals surface area contributed by atoms with E-state index >= 15 is 0 Å². The molecule has 0 spiro atoms. The third-order valence-corrected chi connectivity index (χ3v) is 2.17. The van der Waals surface area contributed by atoms with Gasteiger partial charge in [-0.25, -0.2) is 14.3 Å². The summed E-state index contributed by atoms with van der Waals surface area (Å²) in [4.78, 5) is 17.6. The van der Waals surface area contributed by atoms with E-state index in [1.807, 2.05) is 0 Å². The van der Waals surface area contributed by atoms with Crippen molar-refractivity contribution < 1.29 is 14.3 Å². The van der Waals surface area contributed by atoms with E-state index in [-0.39, 0.29) is 16.5 Å². The first-order valence-electron chi connectivity index (χ1n) is 4.06. The van der Waals surface area contributed by atoms with Gasteiger partial charge in [-0.15, -0.1) is 0 Å². The van der Waals surface area contributed by atoms with Crippen molar-refractivity contribution in [2.75, 3.05) is 0 Å². The predicted molar refractivity (Wildman–Crippen MR) is 52.7 cm³/mol. The van der Waals surface area contributed by atoms with Gasteiger partial charge in [0.05, 0.1) is 6.20 Å². The third-order valence-electron chi connectivity index (χ3n) is 1.89. The number of nitrogens with one attached hydrogen (secondary N) is 1. The minimum absolute atomic E-state index is 0.0300. The Kier molecular flexibility index (Phi) is 2.16. The summed E-state index contributed by atoms with van der Waals surface area (Å²) in [7, 11) is 0. The van der Waals surface area contributed by atoms with Crippen LogP contribution in [0.25, 0.3) is 6.01 Å². The number of oxazole rings is 1. The van der Waals surface area contributed by atoms with Crippen LogP contribution in [-0.4, -0.2) is 25.6 Å². The Morgan fingerprint density at radius 2 is 2.47 bits per heavy atom. The standard InChI is InChI=1S/C8H7N3O3S/c1-4-5(6(12)13)11(8(15)10-4)7-9-2-3-14-7/h2-3H,1H3,(H,10,15)(H,12,13). The highest BCUT2D eigenvalue weighted by Crippen LogP contribution is 2.14. The van der Waals surface area contributed by atoms with Crippen LogP contribution in [0.1, 0.15) is 16.2 Å². The van der Waals surface area contributed by atoms with Gasteiger partial charge in [-0.2, -0.15) is 0 Å². The molecule has 0 radical (unpaired) electrons. The lowest BCUT2D eigenvalue weighted by Crippen LogP contribution is -2.08. The van der Waals surface area contributed by atoms with E-state index in [9.17, 15) is 4.79 Å². The van der Waals surface area contributed by atoms with Gasteiger partial charge < -0.3 is 14.5 Å². The molecule has 0 fully saturated rings. The average Bonchev–Trinajstić information content (AvgIpc) is 2.71. The van der Waals surface area contributed by atoms with Crippen molar-refractivity contribution in [2.24, 2.45) is 0 Å². The molecule has 0 saturated heterocycles. The molecule has 0 aliphatic rings. The number of carboxylic acid groups (broad SMARTS) is 1. The molecule has 2 N–H and O–H groups in total. The van der Waals surface area contributed by atoms with Crippen molar-refractivity contribution in [3.05, 3.63) is 28.6 Å². The number of rotatable bonds is 2. The number of aryl methyl sites for hydroxylation is 1. The van der Waals surface area contributed by atoms with Gasteiger partial charge in [0.25, 0.3) is 0 Å². The maximum Gasteiger partial charge on any atom is 0.354 e. The van der Waals surface area contributed by atoms with Crippen LogP contribution in [0, 0.1) is 11.7 Å². The zero-order chi connectivity index (χ0) is 11.0. The Balaban J connectivity index is 2.76. The summed E-state index contributed by atoms with van der Waals surface area (Å²) in [6, 6.07) is 0.141. The number of hydrogen-bond donors (Lipinski definition) is 2. The van der Waals surface area contributed by atoms with Gasteiger partial charge in [-0.05, 0) is 19.1 Å². The Bertz CT molecular complexity index is 552. The molecule has 78 valence electrons. The largest absolute Gasteiger partial charge is 0.477 e. The number of carbonyl (C=O) groups is 1. The van der Waals surface area contributed by atoms with Gasteiger partial charge in [-0.1, -0.05) is 0 Å². The van der Waals surface area contributed by atoms with E-state index in [2.05, 4.69) is 9.97 Å². The molecular weight excluding hydrogens is 218 g/mol. The minimum Gasteiger partial charge on any atom is -0.477 e. The van der Waals surface area contributed by atoms with Gasteiger partial charge in [0, 0.05) is 5.69 Å². The van der Waals surface area contributed by atoms with Gasteiger partial charge in [0.1, 0.15) is 6.26 Å². The van der Waals surface area contributed by atoms with Gasteiger partial charge >= 0.3 is 12.0 Å². The predicted octanol–water partition coefficient (Wildman–Crippen LogP) is 1.53. The molecule has 2 aromatic heterocycles. The SMILES string of the molecule is Cc1[nH]c(=S)n(-c2ncco2)c1C(=O)O. The first kappa shape index (κ1) is 9.66. The molecule has 15 heavy (non-hydrogen) atoms. The molecule has 0 saturated carbocycles. The molecule has 0 bridgehead atoms. The second-order valence-electron chi connectivity index (χ2n) is 2.86. The molecule has 0 aliphatic carbocycles. The van der Waals surface area contributed by atoms with Crippen molar-refractivity contribution in [1.29, 1.82) is 0 Å². The fourth-order valence-corrected chi connectivity index (χ4v) is 1.63. The summed E-state index contributed by atoms with van der Waals surface area (Å²) >= 11 is 4.97.